The molecule has 1 amide bonds. The van der Waals surface area contributed by atoms with Crippen molar-refractivity contribution < 1.29 is 4.79 Å². The topological polar surface area (TPSA) is 46.3 Å². The molecule has 0 bridgehead atoms. The third-order valence-corrected chi connectivity index (χ3v) is 5.12. The Morgan fingerprint density at radius 2 is 2.28 bits per heavy atom. The molecule has 2 unspecified atom stereocenters. The average molecular weight is 264 g/mol. The maximum absolute atomic E-state index is 12.6. The van der Waals surface area contributed by atoms with Crippen molar-refractivity contribution in [2.75, 3.05) is 13.1 Å². The molecule has 2 aliphatic rings. The zero-order chi connectivity index (χ0) is 12.5. The molecule has 2 heterocycles. The first-order valence-corrected chi connectivity index (χ1v) is 7.74. The van der Waals surface area contributed by atoms with Crippen LogP contribution in [-0.4, -0.2) is 29.9 Å². The van der Waals surface area contributed by atoms with Crippen LogP contribution in [0.5, 0.6) is 0 Å². The van der Waals surface area contributed by atoms with E-state index in [1.807, 2.05) is 4.90 Å². The first-order chi connectivity index (χ1) is 8.75. The van der Waals surface area contributed by atoms with E-state index in [1.54, 1.807) is 11.3 Å². The Hall–Kier alpha value is -0.870. The van der Waals surface area contributed by atoms with Crippen LogP contribution in [-0.2, 0) is 11.2 Å². The minimum absolute atomic E-state index is 0.102. The summed E-state index contributed by atoms with van der Waals surface area (Å²) in [5.74, 6) is 0.412. The van der Waals surface area contributed by atoms with Crippen molar-refractivity contribution >= 4 is 17.2 Å². The molecule has 3 rings (SSSR count). The summed E-state index contributed by atoms with van der Waals surface area (Å²) in [5, 5.41) is 2.12. The molecule has 1 aliphatic heterocycles. The molecule has 3 nitrogen and oxygen atoms in total. The molecule has 1 fully saturated rings. The van der Waals surface area contributed by atoms with E-state index >= 15 is 0 Å². The number of piperidine rings is 1. The van der Waals surface area contributed by atoms with Crippen molar-refractivity contribution in [2.45, 2.75) is 44.1 Å². The van der Waals surface area contributed by atoms with Crippen LogP contribution in [0.15, 0.2) is 11.4 Å². The number of nitrogens with zero attached hydrogens (tertiary/aromatic N) is 1. The highest BCUT2D eigenvalue weighted by molar-refractivity contribution is 7.10. The van der Waals surface area contributed by atoms with Crippen LogP contribution < -0.4 is 5.73 Å². The predicted octanol–water partition coefficient (Wildman–Crippen LogP) is 2.12. The van der Waals surface area contributed by atoms with Gasteiger partial charge in [0.1, 0.15) is 0 Å². The largest absolute Gasteiger partial charge is 0.341 e. The fraction of sp³-hybridized carbons (Fsp3) is 0.643. The van der Waals surface area contributed by atoms with E-state index in [4.69, 9.17) is 5.73 Å². The Morgan fingerprint density at radius 3 is 3.11 bits per heavy atom. The summed E-state index contributed by atoms with van der Waals surface area (Å²) in [6, 6.07) is 2.32. The minimum atomic E-state index is 0.102. The maximum Gasteiger partial charge on any atom is 0.230 e. The van der Waals surface area contributed by atoms with E-state index in [1.165, 1.54) is 10.4 Å². The normalized spacial score (nSPS) is 27.9. The third kappa shape index (κ3) is 2.19. The van der Waals surface area contributed by atoms with Gasteiger partial charge in [0.15, 0.2) is 0 Å². The van der Waals surface area contributed by atoms with Crippen molar-refractivity contribution in [2.24, 2.45) is 5.73 Å². The molecule has 1 saturated heterocycles. The highest BCUT2D eigenvalue weighted by Gasteiger charge is 2.32. The van der Waals surface area contributed by atoms with Gasteiger partial charge in [-0.2, -0.15) is 0 Å². The molecule has 1 aliphatic carbocycles. The summed E-state index contributed by atoms with van der Waals surface area (Å²) >= 11 is 1.80. The van der Waals surface area contributed by atoms with Crippen LogP contribution in [0.2, 0.25) is 0 Å². The number of fused-ring (bicyclic) bond motifs is 1. The SMILES string of the molecule is NC1CCCN(C(=O)C2CCCc3sccc32)C1. The van der Waals surface area contributed by atoms with E-state index in [-0.39, 0.29) is 12.0 Å². The van der Waals surface area contributed by atoms with Gasteiger partial charge in [-0.3, -0.25) is 4.79 Å². The zero-order valence-corrected chi connectivity index (χ0v) is 11.4. The van der Waals surface area contributed by atoms with Gasteiger partial charge < -0.3 is 10.6 Å². The molecular formula is C14H20N2OS. The monoisotopic (exact) mass is 264 g/mol. The van der Waals surface area contributed by atoms with Gasteiger partial charge in [-0.05, 0) is 49.1 Å². The maximum atomic E-state index is 12.6. The quantitative estimate of drug-likeness (QED) is 0.844. The molecule has 1 aromatic heterocycles. The van der Waals surface area contributed by atoms with Crippen molar-refractivity contribution in [1.82, 2.24) is 4.90 Å². The lowest BCUT2D eigenvalue weighted by Crippen LogP contribution is -2.47. The van der Waals surface area contributed by atoms with Gasteiger partial charge in [-0.1, -0.05) is 0 Å². The van der Waals surface area contributed by atoms with Gasteiger partial charge in [-0.25, -0.2) is 0 Å². The fourth-order valence-electron chi connectivity index (χ4n) is 3.17. The van der Waals surface area contributed by atoms with Gasteiger partial charge in [0.25, 0.3) is 0 Å². The first kappa shape index (κ1) is 12.2. The van der Waals surface area contributed by atoms with Gasteiger partial charge in [0.2, 0.25) is 5.91 Å². The molecule has 0 aromatic carbocycles. The van der Waals surface area contributed by atoms with Crippen LogP contribution in [0.4, 0.5) is 0 Å². The average Bonchev–Trinajstić information content (AvgIpc) is 2.86. The summed E-state index contributed by atoms with van der Waals surface area (Å²) in [4.78, 5) is 16.0. The number of hydrogen-bond donors (Lipinski definition) is 1. The smallest absolute Gasteiger partial charge is 0.230 e. The fourth-order valence-corrected chi connectivity index (χ4v) is 4.16. The van der Waals surface area contributed by atoms with Gasteiger partial charge in [0.05, 0.1) is 5.92 Å². The lowest BCUT2D eigenvalue weighted by atomic mass is 9.86. The zero-order valence-electron chi connectivity index (χ0n) is 10.6. The Morgan fingerprint density at radius 1 is 1.39 bits per heavy atom. The lowest BCUT2D eigenvalue weighted by molar-refractivity contribution is -0.134. The Labute approximate surface area is 112 Å². The van der Waals surface area contributed by atoms with Crippen molar-refractivity contribution in [1.29, 1.82) is 0 Å². The van der Waals surface area contributed by atoms with E-state index in [0.717, 1.165) is 45.2 Å². The molecule has 0 spiro atoms. The molecule has 4 heteroatoms. The van der Waals surface area contributed by atoms with Gasteiger partial charge in [-0.15, -0.1) is 11.3 Å². The molecule has 2 N–H and O–H groups in total. The van der Waals surface area contributed by atoms with Crippen LogP contribution in [0.3, 0.4) is 0 Å². The molecule has 1 aromatic rings. The van der Waals surface area contributed by atoms with Gasteiger partial charge >= 0.3 is 0 Å². The Kier molecular flexibility index (Phi) is 3.39. The second kappa shape index (κ2) is 5.02. The summed E-state index contributed by atoms with van der Waals surface area (Å²) in [6.45, 7) is 1.64. The Bertz CT molecular complexity index is 443. The van der Waals surface area contributed by atoms with Crippen molar-refractivity contribution in [3.8, 4) is 0 Å². The summed E-state index contributed by atoms with van der Waals surface area (Å²) < 4.78 is 0. The molecule has 98 valence electrons. The van der Waals surface area contributed by atoms with Crippen LogP contribution in [0, 0.1) is 0 Å². The van der Waals surface area contributed by atoms with Crippen molar-refractivity contribution in [3.63, 3.8) is 0 Å². The molecular weight excluding hydrogens is 244 g/mol. The molecule has 18 heavy (non-hydrogen) atoms. The van der Waals surface area contributed by atoms with Crippen LogP contribution >= 0.6 is 11.3 Å². The number of thiophene rings is 1. The number of carbonyl (C=O) groups is 1. The van der Waals surface area contributed by atoms with E-state index in [2.05, 4.69) is 11.4 Å². The highest BCUT2D eigenvalue weighted by Crippen LogP contribution is 2.36. The van der Waals surface area contributed by atoms with Crippen molar-refractivity contribution in [3.05, 3.63) is 21.9 Å². The number of rotatable bonds is 1. The van der Waals surface area contributed by atoms with Crippen LogP contribution in [0.1, 0.15) is 42.0 Å². The minimum Gasteiger partial charge on any atom is -0.341 e. The molecule has 0 radical (unpaired) electrons. The number of hydrogen-bond acceptors (Lipinski definition) is 3. The lowest BCUT2D eigenvalue weighted by Gasteiger charge is -2.34. The molecule has 0 saturated carbocycles. The summed E-state index contributed by atoms with van der Waals surface area (Å²) in [7, 11) is 0. The van der Waals surface area contributed by atoms with E-state index in [9.17, 15) is 4.79 Å². The number of likely N-dealkylation sites (tertiary alicyclic amines) is 1. The second-order valence-electron chi connectivity index (χ2n) is 5.43. The third-order valence-electron chi connectivity index (χ3n) is 4.12. The number of carbonyl (C=O) groups excluding carboxylic acids is 1. The predicted molar refractivity (Wildman–Crippen MR) is 73.8 cm³/mol. The number of amides is 1. The van der Waals surface area contributed by atoms with Gasteiger partial charge in [0, 0.05) is 24.0 Å². The standard InChI is InChI=1S/C14H20N2OS/c15-10-3-2-7-16(9-10)14(17)12-4-1-5-13-11(12)6-8-18-13/h6,8,10,12H,1-5,7,9,15H2. The summed E-state index contributed by atoms with van der Waals surface area (Å²) in [5.41, 5.74) is 7.26. The molecule has 2 atom stereocenters. The highest BCUT2D eigenvalue weighted by atomic mass is 32.1. The first-order valence-electron chi connectivity index (χ1n) is 6.86. The second-order valence-corrected chi connectivity index (χ2v) is 6.43. The van der Waals surface area contributed by atoms with E-state index in [0.29, 0.717) is 5.91 Å². The summed E-state index contributed by atoms with van der Waals surface area (Å²) in [6.07, 6.45) is 5.41. The van der Waals surface area contributed by atoms with Crippen LogP contribution in [0.25, 0.3) is 0 Å². The number of nitrogens with two attached hydrogens (primary N) is 1. The van der Waals surface area contributed by atoms with E-state index < -0.39 is 0 Å². The Balaban J connectivity index is 1.77. The number of aryl methyl sites for hydroxylation is 1.